The van der Waals surface area contributed by atoms with E-state index in [2.05, 4.69) is 11.8 Å². The molecule has 0 saturated carbocycles. The lowest BCUT2D eigenvalue weighted by Crippen LogP contribution is -2.40. The Hall–Kier alpha value is -0.520. The molecule has 1 saturated heterocycles. The fourth-order valence-electron chi connectivity index (χ4n) is 2.77. The van der Waals surface area contributed by atoms with E-state index in [-0.39, 0.29) is 12.4 Å². The van der Waals surface area contributed by atoms with Gasteiger partial charge in [0.05, 0.1) is 19.3 Å². The highest BCUT2D eigenvalue weighted by Crippen LogP contribution is 2.16. The number of aliphatic hydroxyl groups excluding tert-OH is 1. The smallest absolute Gasteiger partial charge is 0.119 e. The van der Waals surface area contributed by atoms with Gasteiger partial charge in [0.25, 0.3) is 0 Å². The number of aliphatic hydroxyl groups is 1. The van der Waals surface area contributed by atoms with Gasteiger partial charge >= 0.3 is 0 Å². The number of piperidine rings is 1. The van der Waals surface area contributed by atoms with Crippen LogP contribution in [0.3, 0.4) is 0 Å². The van der Waals surface area contributed by atoms with E-state index >= 15 is 0 Å². The van der Waals surface area contributed by atoms with E-state index in [1.165, 1.54) is 12.8 Å². The average molecular weight is 364 g/mol. The number of ether oxygens (including phenoxy) is 2. The van der Waals surface area contributed by atoms with Crippen LogP contribution < -0.4 is 4.74 Å². The SMILES string of the molecule is CC1CCCN(CC(O)COCCOc2ccc(Cl)cc2)C1.Cl. The number of likely N-dealkylation sites (tertiary alicyclic amines) is 1. The Kier molecular flexibility index (Phi) is 9.91. The monoisotopic (exact) mass is 363 g/mol. The maximum Gasteiger partial charge on any atom is 0.119 e. The number of benzene rings is 1. The number of β-amino-alcohol motifs (C(OH)–C–C–N with tert-alkyl or cyclic N) is 1. The van der Waals surface area contributed by atoms with Crippen LogP contribution in [0.15, 0.2) is 24.3 Å². The molecular weight excluding hydrogens is 337 g/mol. The first-order valence-electron chi connectivity index (χ1n) is 8.00. The van der Waals surface area contributed by atoms with Gasteiger partial charge in [-0.25, -0.2) is 0 Å². The van der Waals surface area contributed by atoms with Crippen LogP contribution in [0.4, 0.5) is 0 Å². The van der Waals surface area contributed by atoms with Gasteiger partial charge in [0, 0.05) is 18.1 Å². The third-order valence-electron chi connectivity index (χ3n) is 3.83. The van der Waals surface area contributed by atoms with Gasteiger partial charge in [-0.15, -0.1) is 12.4 Å². The summed E-state index contributed by atoms with van der Waals surface area (Å²) in [5, 5.41) is 10.7. The fraction of sp³-hybridized carbons (Fsp3) is 0.647. The highest BCUT2D eigenvalue weighted by Gasteiger charge is 2.18. The van der Waals surface area contributed by atoms with Crippen LogP contribution >= 0.6 is 24.0 Å². The van der Waals surface area contributed by atoms with Crippen molar-refractivity contribution in [3.63, 3.8) is 0 Å². The molecule has 0 aliphatic carbocycles. The summed E-state index contributed by atoms with van der Waals surface area (Å²) in [5.41, 5.74) is 0. The second-order valence-corrected chi connectivity index (χ2v) is 6.47. The Balaban J connectivity index is 0.00000264. The predicted octanol–water partition coefficient (Wildman–Crippen LogP) is 3.25. The standard InChI is InChI=1S/C17H26ClNO3.ClH/c1-14-3-2-8-19(11-14)12-16(20)13-21-9-10-22-17-6-4-15(18)5-7-17;/h4-7,14,16,20H,2-3,8-13H2,1H3;1H. The Morgan fingerprint density at radius 3 is 2.74 bits per heavy atom. The first-order chi connectivity index (χ1) is 10.6. The van der Waals surface area contributed by atoms with Crippen molar-refractivity contribution >= 4 is 24.0 Å². The summed E-state index contributed by atoms with van der Waals surface area (Å²) in [7, 11) is 0. The molecule has 0 bridgehead atoms. The molecule has 2 rings (SSSR count). The number of hydrogen-bond acceptors (Lipinski definition) is 4. The van der Waals surface area contributed by atoms with Gasteiger partial charge in [-0.2, -0.15) is 0 Å². The minimum absolute atomic E-state index is 0. The van der Waals surface area contributed by atoms with Gasteiger partial charge < -0.3 is 19.5 Å². The molecule has 1 aliphatic rings. The molecule has 1 aliphatic heterocycles. The normalized spacial score (nSPS) is 19.9. The largest absolute Gasteiger partial charge is 0.491 e. The van der Waals surface area contributed by atoms with E-state index < -0.39 is 6.10 Å². The van der Waals surface area contributed by atoms with Crippen LogP contribution in [0.1, 0.15) is 19.8 Å². The molecule has 6 heteroatoms. The van der Waals surface area contributed by atoms with Crippen LogP contribution in [0.5, 0.6) is 5.75 Å². The van der Waals surface area contributed by atoms with Gasteiger partial charge in [-0.05, 0) is 49.6 Å². The molecule has 23 heavy (non-hydrogen) atoms. The summed E-state index contributed by atoms with van der Waals surface area (Å²) in [4.78, 5) is 2.33. The molecule has 0 spiro atoms. The molecule has 0 aromatic heterocycles. The molecule has 1 heterocycles. The van der Waals surface area contributed by atoms with Crippen LogP contribution in [0, 0.1) is 5.92 Å². The molecule has 1 fully saturated rings. The Bertz CT molecular complexity index is 430. The van der Waals surface area contributed by atoms with Crippen LogP contribution in [0.2, 0.25) is 5.02 Å². The van der Waals surface area contributed by atoms with Crippen molar-refractivity contribution < 1.29 is 14.6 Å². The van der Waals surface area contributed by atoms with Gasteiger partial charge in [-0.3, -0.25) is 0 Å². The summed E-state index contributed by atoms with van der Waals surface area (Å²) in [6.45, 7) is 6.42. The number of rotatable bonds is 8. The first kappa shape index (κ1) is 20.5. The Morgan fingerprint density at radius 2 is 2.04 bits per heavy atom. The van der Waals surface area contributed by atoms with E-state index in [1.807, 2.05) is 12.1 Å². The lowest BCUT2D eigenvalue weighted by molar-refractivity contribution is 0.00223. The third kappa shape index (κ3) is 8.23. The summed E-state index contributed by atoms with van der Waals surface area (Å²) in [6, 6.07) is 7.24. The lowest BCUT2D eigenvalue weighted by atomic mass is 10.0. The molecule has 2 unspecified atom stereocenters. The van der Waals surface area contributed by atoms with E-state index in [0.717, 1.165) is 24.8 Å². The molecule has 1 N–H and O–H groups in total. The number of nitrogens with zero attached hydrogens (tertiary/aromatic N) is 1. The van der Waals surface area contributed by atoms with Gasteiger partial charge in [0.15, 0.2) is 0 Å². The molecule has 0 amide bonds. The molecule has 1 aromatic carbocycles. The van der Waals surface area contributed by atoms with E-state index in [1.54, 1.807) is 12.1 Å². The predicted molar refractivity (Wildman–Crippen MR) is 95.9 cm³/mol. The van der Waals surface area contributed by atoms with Crippen molar-refractivity contribution in [2.45, 2.75) is 25.9 Å². The third-order valence-corrected chi connectivity index (χ3v) is 4.08. The first-order valence-corrected chi connectivity index (χ1v) is 8.38. The number of hydrogen-bond donors (Lipinski definition) is 1. The fourth-order valence-corrected chi connectivity index (χ4v) is 2.90. The minimum atomic E-state index is -0.430. The molecule has 2 atom stereocenters. The van der Waals surface area contributed by atoms with Crippen LogP contribution in [-0.2, 0) is 4.74 Å². The molecule has 4 nitrogen and oxygen atoms in total. The second kappa shape index (κ2) is 11.1. The minimum Gasteiger partial charge on any atom is -0.491 e. The van der Waals surface area contributed by atoms with Crippen molar-refractivity contribution in [3.05, 3.63) is 29.3 Å². The molecular formula is C17H27Cl2NO3. The van der Waals surface area contributed by atoms with Crippen LogP contribution in [0.25, 0.3) is 0 Å². The van der Waals surface area contributed by atoms with Crippen LogP contribution in [-0.4, -0.2) is 55.6 Å². The Morgan fingerprint density at radius 1 is 1.30 bits per heavy atom. The quantitative estimate of drug-likeness (QED) is 0.719. The van der Waals surface area contributed by atoms with Crippen molar-refractivity contribution in [2.75, 3.05) is 39.5 Å². The summed E-state index contributed by atoms with van der Waals surface area (Å²) in [5.74, 6) is 1.51. The Labute approximate surface area is 150 Å². The highest BCUT2D eigenvalue weighted by molar-refractivity contribution is 6.30. The van der Waals surface area contributed by atoms with Gasteiger partial charge in [0.2, 0.25) is 0 Å². The topological polar surface area (TPSA) is 41.9 Å². The van der Waals surface area contributed by atoms with E-state index in [9.17, 15) is 5.11 Å². The highest BCUT2D eigenvalue weighted by atomic mass is 35.5. The lowest BCUT2D eigenvalue weighted by Gasteiger charge is -2.32. The van der Waals surface area contributed by atoms with Crippen molar-refractivity contribution in [2.24, 2.45) is 5.92 Å². The molecule has 132 valence electrons. The molecule has 0 radical (unpaired) electrons. The maximum atomic E-state index is 10.0. The summed E-state index contributed by atoms with van der Waals surface area (Å²) in [6.07, 6.45) is 2.09. The van der Waals surface area contributed by atoms with Crippen molar-refractivity contribution in [3.8, 4) is 5.75 Å². The van der Waals surface area contributed by atoms with Crippen molar-refractivity contribution in [1.29, 1.82) is 0 Å². The molecule has 1 aromatic rings. The van der Waals surface area contributed by atoms with Crippen molar-refractivity contribution in [1.82, 2.24) is 4.90 Å². The second-order valence-electron chi connectivity index (χ2n) is 6.04. The summed E-state index contributed by atoms with van der Waals surface area (Å²) < 4.78 is 11.0. The summed E-state index contributed by atoms with van der Waals surface area (Å²) >= 11 is 5.81. The average Bonchev–Trinajstić information content (AvgIpc) is 2.49. The maximum absolute atomic E-state index is 10.0. The zero-order chi connectivity index (χ0) is 15.8. The number of halogens is 2. The van der Waals surface area contributed by atoms with E-state index in [4.69, 9.17) is 21.1 Å². The zero-order valence-corrected chi connectivity index (χ0v) is 15.2. The van der Waals surface area contributed by atoms with E-state index in [0.29, 0.717) is 31.4 Å². The van der Waals surface area contributed by atoms with Gasteiger partial charge in [-0.1, -0.05) is 18.5 Å². The van der Waals surface area contributed by atoms with Gasteiger partial charge in [0.1, 0.15) is 12.4 Å². The zero-order valence-electron chi connectivity index (χ0n) is 13.6.